The average molecular weight is 191 g/mol. The van der Waals surface area contributed by atoms with Crippen LogP contribution in [0.15, 0.2) is 10.9 Å². The average Bonchev–Trinajstić information content (AvgIpc) is 2.17. The number of nitrogens with one attached hydrogen (secondary N) is 1. The van der Waals surface area contributed by atoms with Crippen LogP contribution in [0, 0.1) is 5.92 Å². The summed E-state index contributed by atoms with van der Waals surface area (Å²) in [6, 6.07) is 2.10. The maximum Gasteiger partial charge on any atom is 0.251 e. The van der Waals surface area contributed by atoms with Gasteiger partial charge in [-0.05, 0) is 43.2 Å². The molecule has 1 aliphatic carbocycles. The van der Waals surface area contributed by atoms with Crippen LogP contribution in [0.4, 0.5) is 0 Å². The smallest absolute Gasteiger partial charge is 0.251 e. The van der Waals surface area contributed by atoms with Crippen molar-refractivity contribution in [1.29, 1.82) is 0 Å². The number of hydrogen-bond donors (Lipinski definition) is 1. The summed E-state index contributed by atoms with van der Waals surface area (Å²) >= 11 is 0. The second-order valence-electron chi connectivity index (χ2n) is 4.33. The number of aromatic amines is 1. The predicted octanol–water partition coefficient (Wildman–Crippen LogP) is 2.06. The molecule has 0 fully saturated rings. The summed E-state index contributed by atoms with van der Waals surface area (Å²) in [4.78, 5) is 14.6. The van der Waals surface area contributed by atoms with Gasteiger partial charge in [-0.25, -0.2) is 0 Å². The zero-order valence-electron chi connectivity index (χ0n) is 8.89. The first kappa shape index (κ1) is 9.50. The van der Waals surface area contributed by atoms with Crippen molar-refractivity contribution in [3.63, 3.8) is 0 Å². The molecule has 2 heteroatoms. The maximum atomic E-state index is 11.5. The molecule has 76 valence electrons. The molecule has 0 aliphatic heterocycles. The molecule has 14 heavy (non-hydrogen) atoms. The molecule has 0 spiro atoms. The van der Waals surface area contributed by atoms with Crippen LogP contribution in [0.3, 0.4) is 0 Å². The molecule has 0 radical (unpaired) electrons. The number of rotatable bonds is 1. The van der Waals surface area contributed by atoms with Gasteiger partial charge in [-0.2, -0.15) is 0 Å². The van der Waals surface area contributed by atoms with E-state index in [0.717, 1.165) is 30.7 Å². The van der Waals surface area contributed by atoms with E-state index in [1.807, 2.05) is 6.92 Å². The lowest BCUT2D eigenvalue weighted by Crippen LogP contribution is -2.21. The van der Waals surface area contributed by atoms with Crippen molar-refractivity contribution in [2.75, 3.05) is 0 Å². The third kappa shape index (κ3) is 1.61. The molecule has 2 rings (SSSR count). The van der Waals surface area contributed by atoms with Gasteiger partial charge in [-0.15, -0.1) is 0 Å². The number of hydrogen-bond acceptors (Lipinski definition) is 1. The van der Waals surface area contributed by atoms with Gasteiger partial charge in [-0.3, -0.25) is 4.79 Å². The Kier molecular flexibility index (Phi) is 2.44. The number of H-pyrrole nitrogens is 1. The second-order valence-corrected chi connectivity index (χ2v) is 4.33. The summed E-state index contributed by atoms with van der Waals surface area (Å²) in [6.45, 7) is 4.31. The molecule has 1 N–H and O–H groups in total. The van der Waals surface area contributed by atoms with E-state index in [0.29, 0.717) is 0 Å². The number of pyridine rings is 1. The highest BCUT2D eigenvalue weighted by atomic mass is 16.1. The highest BCUT2D eigenvalue weighted by molar-refractivity contribution is 5.27. The minimum atomic E-state index is 0.112. The van der Waals surface area contributed by atoms with Crippen LogP contribution in [0.25, 0.3) is 0 Å². The minimum absolute atomic E-state index is 0.112. The van der Waals surface area contributed by atoms with E-state index in [1.165, 1.54) is 17.7 Å². The van der Waals surface area contributed by atoms with E-state index in [1.54, 1.807) is 0 Å². The van der Waals surface area contributed by atoms with E-state index in [2.05, 4.69) is 18.0 Å². The molecule has 2 nitrogen and oxygen atoms in total. The fraction of sp³-hybridized carbons (Fsp3) is 0.583. The SMILES string of the molecule is CCc1cc2c([nH]c1=O)CCC(C)C2. The molecule has 1 atom stereocenters. The Bertz CT molecular complexity index is 392. The summed E-state index contributed by atoms with van der Waals surface area (Å²) in [6.07, 6.45) is 4.19. The molecular formula is C12H17NO. The third-order valence-electron chi connectivity index (χ3n) is 3.13. The molecule has 1 aromatic heterocycles. The Morgan fingerprint density at radius 1 is 1.57 bits per heavy atom. The zero-order valence-corrected chi connectivity index (χ0v) is 8.89. The van der Waals surface area contributed by atoms with Crippen LogP contribution < -0.4 is 5.56 Å². The summed E-state index contributed by atoms with van der Waals surface area (Å²) in [5.41, 5.74) is 3.57. The van der Waals surface area contributed by atoms with E-state index in [9.17, 15) is 4.79 Å². The van der Waals surface area contributed by atoms with E-state index in [4.69, 9.17) is 0 Å². The minimum Gasteiger partial charge on any atom is -0.326 e. The van der Waals surface area contributed by atoms with Crippen LogP contribution in [-0.2, 0) is 19.3 Å². The van der Waals surface area contributed by atoms with Gasteiger partial charge >= 0.3 is 0 Å². The molecule has 1 heterocycles. The molecule has 0 aromatic carbocycles. The first-order chi connectivity index (χ1) is 6.70. The lowest BCUT2D eigenvalue weighted by atomic mass is 9.87. The number of fused-ring (bicyclic) bond motifs is 1. The van der Waals surface area contributed by atoms with E-state index >= 15 is 0 Å². The fourth-order valence-electron chi connectivity index (χ4n) is 2.20. The maximum absolute atomic E-state index is 11.5. The zero-order chi connectivity index (χ0) is 10.1. The summed E-state index contributed by atoms with van der Waals surface area (Å²) in [7, 11) is 0. The molecule has 1 aromatic rings. The normalized spacial score (nSPS) is 20.6. The Balaban J connectivity index is 2.46. The Morgan fingerprint density at radius 3 is 3.07 bits per heavy atom. The number of aromatic nitrogens is 1. The van der Waals surface area contributed by atoms with Gasteiger partial charge in [0.25, 0.3) is 5.56 Å². The van der Waals surface area contributed by atoms with Crippen LogP contribution in [0.1, 0.15) is 37.1 Å². The third-order valence-corrected chi connectivity index (χ3v) is 3.13. The fourth-order valence-corrected chi connectivity index (χ4v) is 2.20. The van der Waals surface area contributed by atoms with Crippen molar-refractivity contribution in [3.8, 4) is 0 Å². The highest BCUT2D eigenvalue weighted by Crippen LogP contribution is 2.23. The molecule has 0 saturated carbocycles. The van der Waals surface area contributed by atoms with E-state index in [-0.39, 0.29) is 5.56 Å². The summed E-state index contributed by atoms with van der Waals surface area (Å²) < 4.78 is 0. The van der Waals surface area contributed by atoms with Crippen LogP contribution in [0.5, 0.6) is 0 Å². The van der Waals surface area contributed by atoms with Gasteiger partial charge < -0.3 is 4.98 Å². The quantitative estimate of drug-likeness (QED) is 0.724. The van der Waals surface area contributed by atoms with Crippen molar-refractivity contribution in [2.24, 2.45) is 5.92 Å². The van der Waals surface area contributed by atoms with Crippen molar-refractivity contribution >= 4 is 0 Å². The summed E-state index contributed by atoms with van der Waals surface area (Å²) in [5.74, 6) is 0.762. The van der Waals surface area contributed by atoms with Gasteiger partial charge in [0.15, 0.2) is 0 Å². The van der Waals surface area contributed by atoms with E-state index < -0.39 is 0 Å². The first-order valence-corrected chi connectivity index (χ1v) is 5.44. The topological polar surface area (TPSA) is 32.9 Å². The van der Waals surface area contributed by atoms with Gasteiger partial charge in [0.2, 0.25) is 0 Å². The largest absolute Gasteiger partial charge is 0.326 e. The van der Waals surface area contributed by atoms with Crippen LogP contribution in [-0.4, -0.2) is 4.98 Å². The van der Waals surface area contributed by atoms with Crippen molar-refractivity contribution in [3.05, 3.63) is 33.2 Å². The van der Waals surface area contributed by atoms with Gasteiger partial charge in [-0.1, -0.05) is 13.8 Å². The Hall–Kier alpha value is -1.05. The molecule has 0 amide bonds. The first-order valence-electron chi connectivity index (χ1n) is 5.44. The predicted molar refractivity (Wildman–Crippen MR) is 57.6 cm³/mol. The van der Waals surface area contributed by atoms with Gasteiger partial charge in [0, 0.05) is 11.3 Å². The van der Waals surface area contributed by atoms with Crippen LogP contribution >= 0.6 is 0 Å². The Labute approximate surface area is 84.4 Å². The molecule has 0 bridgehead atoms. The van der Waals surface area contributed by atoms with Gasteiger partial charge in [0.05, 0.1) is 0 Å². The Morgan fingerprint density at radius 2 is 2.36 bits per heavy atom. The van der Waals surface area contributed by atoms with Gasteiger partial charge in [0.1, 0.15) is 0 Å². The van der Waals surface area contributed by atoms with Crippen molar-refractivity contribution < 1.29 is 0 Å². The van der Waals surface area contributed by atoms with Crippen molar-refractivity contribution in [2.45, 2.75) is 39.5 Å². The lowest BCUT2D eigenvalue weighted by molar-refractivity contribution is 0.492. The molecule has 1 aliphatic rings. The molecule has 0 saturated heterocycles. The number of aryl methyl sites for hydroxylation is 2. The second kappa shape index (κ2) is 3.60. The summed E-state index contributed by atoms with van der Waals surface area (Å²) in [5, 5.41) is 0. The molecule has 1 unspecified atom stereocenters. The molecular weight excluding hydrogens is 174 g/mol. The van der Waals surface area contributed by atoms with Crippen molar-refractivity contribution in [1.82, 2.24) is 4.98 Å². The van der Waals surface area contributed by atoms with Crippen LogP contribution in [0.2, 0.25) is 0 Å². The highest BCUT2D eigenvalue weighted by Gasteiger charge is 2.16. The monoisotopic (exact) mass is 191 g/mol. The lowest BCUT2D eigenvalue weighted by Gasteiger charge is -2.21. The standard InChI is InChI=1S/C12H17NO/c1-3-9-7-10-6-8(2)4-5-11(10)13-12(9)14/h7-8H,3-6H2,1-2H3,(H,13,14).